The maximum Gasteiger partial charge on any atom is 0.237 e. The molecule has 94 valence electrons. The molecule has 0 aromatic heterocycles. The van der Waals surface area contributed by atoms with E-state index in [-0.39, 0.29) is 0 Å². The molecule has 1 heterocycles. The van der Waals surface area contributed by atoms with Crippen LogP contribution in [-0.4, -0.2) is 35.5 Å². The summed E-state index contributed by atoms with van der Waals surface area (Å²) in [5, 5.41) is 0. The van der Waals surface area contributed by atoms with Gasteiger partial charge in [-0.2, -0.15) is 0 Å². The summed E-state index contributed by atoms with van der Waals surface area (Å²) < 4.78 is 0. The summed E-state index contributed by atoms with van der Waals surface area (Å²) in [6.07, 6.45) is 3.17. The van der Waals surface area contributed by atoms with Gasteiger partial charge in [-0.3, -0.25) is 4.79 Å². The highest BCUT2D eigenvalue weighted by molar-refractivity contribution is 5.83. The molecule has 3 unspecified atom stereocenters. The van der Waals surface area contributed by atoms with Crippen molar-refractivity contribution in [2.45, 2.75) is 51.6 Å². The van der Waals surface area contributed by atoms with Crippen molar-refractivity contribution in [3.8, 4) is 0 Å². The molecular formula is C12H25N3O. The number of nitrogens with two attached hydrogens (primary N) is 2. The minimum absolute atomic E-state index is 0.412. The number of piperidine rings is 1. The van der Waals surface area contributed by atoms with Gasteiger partial charge in [-0.1, -0.05) is 6.92 Å². The molecule has 3 atom stereocenters. The number of nitrogens with zero attached hydrogens (tertiary/aromatic N) is 1. The largest absolute Gasteiger partial charge is 0.368 e. The third-order valence-corrected chi connectivity index (χ3v) is 3.73. The quantitative estimate of drug-likeness (QED) is 0.742. The number of carbonyl (C=O) groups is 1. The molecule has 1 aliphatic heterocycles. The van der Waals surface area contributed by atoms with E-state index in [9.17, 15) is 4.79 Å². The van der Waals surface area contributed by atoms with Crippen LogP contribution in [0.4, 0.5) is 0 Å². The molecule has 1 fully saturated rings. The van der Waals surface area contributed by atoms with Gasteiger partial charge in [0.15, 0.2) is 0 Å². The Morgan fingerprint density at radius 2 is 2.06 bits per heavy atom. The summed E-state index contributed by atoms with van der Waals surface area (Å²) in [6, 6.07) is 0.597. The first-order valence-electron chi connectivity index (χ1n) is 6.16. The number of hydrogen-bond donors (Lipinski definition) is 2. The Morgan fingerprint density at radius 3 is 2.62 bits per heavy atom. The first-order chi connectivity index (χ1) is 7.33. The fraction of sp³-hybridized carbons (Fsp3) is 0.917. The molecule has 0 aromatic carbocycles. The van der Waals surface area contributed by atoms with E-state index in [0.717, 1.165) is 19.0 Å². The van der Waals surface area contributed by atoms with Crippen LogP contribution >= 0.6 is 0 Å². The minimum Gasteiger partial charge on any atom is -0.368 e. The van der Waals surface area contributed by atoms with Gasteiger partial charge >= 0.3 is 0 Å². The Bertz CT molecular complexity index is 253. The van der Waals surface area contributed by atoms with Crippen LogP contribution in [0.15, 0.2) is 0 Å². The van der Waals surface area contributed by atoms with Crippen LogP contribution in [0.2, 0.25) is 0 Å². The second-order valence-corrected chi connectivity index (χ2v) is 5.56. The Hall–Kier alpha value is -0.610. The molecule has 0 aliphatic carbocycles. The maximum absolute atomic E-state index is 11.1. The highest BCUT2D eigenvalue weighted by Gasteiger charge is 2.29. The summed E-state index contributed by atoms with van der Waals surface area (Å²) in [5.74, 6) is 0.332. The van der Waals surface area contributed by atoms with Gasteiger partial charge in [-0.15, -0.1) is 0 Å². The van der Waals surface area contributed by atoms with E-state index in [2.05, 4.69) is 18.7 Å². The van der Waals surface area contributed by atoms with Gasteiger partial charge in [0.2, 0.25) is 5.91 Å². The fourth-order valence-electron chi connectivity index (χ4n) is 2.19. The van der Waals surface area contributed by atoms with E-state index in [1.807, 2.05) is 0 Å². The van der Waals surface area contributed by atoms with Crippen LogP contribution in [-0.2, 0) is 4.79 Å². The lowest BCUT2D eigenvalue weighted by atomic mass is 9.92. The van der Waals surface area contributed by atoms with Gasteiger partial charge in [0.05, 0.1) is 5.54 Å². The second kappa shape index (κ2) is 5.15. The predicted molar refractivity (Wildman–Crippen MR) is 65.8 cm³/mol. The Kier molecular flexibility index (Phi) is 4.33. The summed E-state index contributed by atoms with van der Waals surface area (Å²) in [5.41, 5.74) is 10.2. The second-order valence-electron chi connectivity index (χ2n) is 5.56. The molecule has 1 rings (SSSR count). The molecule has 16 heavy (non-hydrogen) atoms. The molecule has 1 aliphatic rings. The maximum atomic E-state index is 11.1. The summed E-state index contributed by atoms with van der Waals surface area (Å²) in [4.78, 5) is 13.5. The number of likely N-dealkylation sites (tertiary alicyclic amines) is 1. The molecule has 0 bridgehead atoms. The van der Waals surface area contributed by atoms with Crippen LogP contribution < -0.4 is 11.5 Å². The standard InChI is InChI=1S/C12H25N3O/c1-9-4-5-10(2)15(8-9)7-6-12(3,14)11(13)16/h9-10H,4-8,14H2,1-3H3,(H2,13,16). The van der Waals surface area contributed by atoms with E-state index in [1.54, 1.807) is 6.92 Å². The molecule has 4 nitrogen and oxygen atoms in total. The van der Waals surface area contributed by atoms with Gasteiger partial charge in [0.25, 0.3) is 0 Å². The van der Waals surface area contributed by atoms with Crippen molar-refractivity contribution in [2.75, 3.05) is 13.1 Å². The summed E-state index contributed by atoms with van der Waals surface area (Å²) in [6.45, 7) is 8.20. The van der Waals surface area contributed by atoms with Crippen molar-refractivity contribution in [2.24, 2.45) is 17.4 Å². The third-order valence-electron chi connectivity index (χ3n) is 3.73. The lowest BCUT2D eigenvalue weighted by Crippen LogP contribution is -2.52. The fourth-order valence-corrected chi connectivity index (χ4v) is 2.19. The molecule has 1 saturated heterocycles. The Labute approximate surface area is 98.3 Å². The lowest BCUT2D eigenvalue weighted by Gasteiger charge is -2.38. The average Bonchev–Trinajstić information content (AvgIpc) is 2.19. The number of primary amides is 1. The van der Waals surface area contributed by atoms with Crippen LogP contribution in [0, 0.1) is 5.92 Å². The van der Waals surface area contributed by atoms with E-state index >= 15 is 0 Å². The highest BCUT2D eigenvalue weighted by Crippen LogP contribution is 2.22. The van der Waals surface area contributed by atoms with E-state index < -0.39 is 11.4 Å². The van der Waals surface area contributed by atoms with Crippen molar-refractivity contribution in [1.82, 2.24) is 4.90 Å². The van der Waals surface area contributed by atoms with Gasteiger partial charge in [0.1, 0.15) is 0 Å². The zero-order chi connectivity index (χ0) is 12.3. The minimum atomic E-state index is -0.875. The predicted octanol–water partition coefficient (Wildman–Crippen LogP) is 0.700. The molecular weight excluding hydrogens is 202 g/mol. The van der Waals surface area contributed by atoms with Crippen molar-refractivity contribution >= 4 is 5.91 Å². The summed E-state index contributed by atoms with van der Waals surface area (Å²) >= 11 is 0. The molecule has 0 aromatic rings. The van der Waals surface area contributed by atoms with Crippen LogP contribution in [0.1, 0.15) is 40.0 Å². The van der Waals surface area contributed by atoms with Crippen molar-refractivity contribution in [3.63, 3.8) is 0 Å². The molecule has 4 N–H and O–H groups in total. The van der Waals surface area contributed by atoms with E-state index in [4.69, 9.17) is 11.5 Å². The molecule has 4 heteroatoms. The van der Waals surface area contributed by atoms with Crippen molar-refractivity contribution < 1.29 is 4.79 Å². The van der Waals surface area contributed by atoms with Crippen LogP contribution in [0.3, 0.4) is 0 Å². The van der Waals surface area contributed by atoms with Crippen molar-refractivity contribution in [3.05, 3.63) is 0 Å². The molecule has 1 amide bonds. The zero-order valence-corrected chi connectivity index (χ0v) is 10.7. The van der Waals surface area contributed by atoms with Crippen LogP contribution in [0.25, 0.3) is 0 Å². The molecule has 0 radical (unpaired) electrons. The molecule has 0 spiro atoms. The smallest absolute Gasteiger partial charge is 0.237 e. The third kappa shape index (κ3) is 3.46. The van der Waals surface area contributed by atoms with E-state index in [0.29, 0.717) is 12.5 Å². The van der Waals surface area contributed by atoms with E-state index in [1.165, 1.54) is 12.8 Å². The number of rotatable bonds is 4. The highest BCUT2D eigenvalue weighted by atomic mass is 16.1. The number of carbonyl (C=O) groups excluding carboxylic acids is 1. The first kappa shape index (κ1) is 13.5. The van der Waals surface area contributed by atoms with Gasteiger partial charge in [-0.25, -0.2) is 0 Å². The van der Waals surface area contributed by atoms with Gasteiger partial charge in [-0.05, 0) is 39.0 Å². The SMILES string of the molecule is CC1CCC(C)N(CCC(C)(N)C(N)=O)C1. The molecule has 0 saturated carbocycles. The normalized spacial score (nSPS) is 31.0. The monoisotopic (exact) mass is 227 g/mol. The van der Waals surface area contributed by atoms with Crippen LogP contribution in [0.5, 0.6) is 0 Å². The average molecular weight is 227 g/mol. The lowest BCUT2D eigenvalue weighted by molar-refractivity contribution is -0.123. The topological polar surface area (TPSA) is 72.3 Å². The Morgan fingerprint density at radius 1 is 1.44 bits per heavy atom. The number of hydrogen-bond acceptors (Lipinski definition) is 3. The first-order valence-corrected chi connectivity index (χ1v) is 6.16. The zero-order valence-electron chi connectivity index (χ0n) is 10.7. The Balaban J connectivity index is 2.44. The number of amides is 1. The summed E-state index contributed by atoms with van der Waals surface area (Å²) in [7, 11) is 0. The van der Waals surface area contributed by atoms with Gasteiger partial charge in [0, 0.05) is 19.1 Å². The van der Waals surface area contributed by atoms with Crippen molar-refractivity contribution in [1.29, 1.82) is 0 Å². The van der Waals surface area contributed by atoms with Gasteiger partial charge < -0.3 is 16.4 Å².